The van der Waals surface area contributed by atoms with Crippen LogP contribution in [0.4, 0.5) is 0 Å². The fraction of sp³-hybridized carbons (Fsp3) is 0.600. The minimum atomic E-state index is -0.467. The first-order valence-electron chi connectivity index (χ1n) is 6.58. The van der Waals surface area contributed by atoms with Crippen LogP contribution in [-0.2, 0) is 4.74 Å². The van der Waals surface area contributed by atoms with Crippen LogP contribution in [-0.4, -0.2) is 25.4 Å². The second-order valence-electron chi connectivity index (χ2n) is 4.62. The van der Waals surface area contributed by atoms with Crippen LogP contribution in [0, 0.1) is 5.92 Å². The summed E-state index contributed by atoms with van der Waals surface area (Å²) in [6, 6.07) is 7.70. The molecule has 0 saturated heterocycles. The van der Waals surface area contributed by atoms with Crippen molar-refractivity contribution in [1.29, 1.82) is 0 Å². The van der Waals surface area contributed by atoms with E-state index in [2.05, 4.69) is 6.92 Å². The number of rotatable bonds is 8. The Kier molecular flexibility index (Phi) is 6.76. The van der Waals surface area contributed by atoms with Crippen LogP contribution in [0.3, 0.4) is 0 Å². The van der Waals surface area contributed by atoms with Gasteiger partial charge in [0.2, 0.25) is 0 Å². The molecule has 0 spiro atoms. The fourth-order valence-corrected chi connectivity index (χ4v) is 1.80. The number of aliphatic hydroxyl groups excluding tert-OH is 1. The lowest BCUT2D eigenvalue weighted by Crippen LogP contribution is -2.11. The van der Waals surface area contributed by atoms with E-state index in [1.165, 1.54) is 0 Å². The summed E-state index contributed by atoms with van der Waals surface area (Å²) in [5.41, 5.74) is 0.909. The van der Waals surface area contributed by atoms with E-state index >= 15 is 0 Å². The molecule has 1 aromatic rings. The van der Waals surface area contributed by atoms with Crippen LogP contribution in [0.2, 0.25) is 0 Å². The van der Waals surface area contributed by atoms with Gasteiger partial charge in [0, 0.05) is 13.7 Å². The SMILES string of the molecule is CCCOc1cccc(C(O)C(C)CCOC)c1. The number of hydrogen-bond donors (Lipinski definition) is 1. The highest BCUT2D eigenvalue weighted by molar-refractivity contribution is 5.30. The highest BCUT2D eigenvalue weighted by atomic mass is 16.5. The summed E-state index contributed by atoms with van der Waals surface area (Å²) in [7, 11) is 1.68. The molecule has 0 saturated carbocycles. The number of hydrogen-bond acceptors (Lipinski definition) is 3. The molecule has 102 valence electrons. The summed E-state index contributed by atoms with van der Waals surface area (Å²) < 4.78 is 10.6. The van der Waals surface area contributed by atoms with Gasteiger partial charge in [-0.1, -0.05) is 26.0 Å². The molecule has 0 amide bonds. The Morgan fingerprint density at radius 2 is 2.06 bits per heavy atom. The monoisotopic (exact) mass is 252 g/mol. The number of aliphatic hydroxyl groups is 1. The zero-order valence-corrected chi connectivity index (χ0v) is 11.6. The molecule has 2 atom stereocenters. The lowest BCUT2D eigenvalue weighted by molar-refractivity contribution is 0.0884. The Morgan fingerprint density at radius 1 is 1.28 bits per heavy atom. The average molecular weight is 252 g/mol. The second-order valence-corrected chi connectivity index (χ2v) is 4.62. The number of ether oxygens (including phenoxy) is 2. The third-order valence-electron chi connectivity index (χ3n) is 2.99. The first kappa shape index (κ1) is 15.0. The minimum Gasteiger partial charge on any atom is -0.494 e. The molecule has 0 aliphatic rings. The topological polar surface area (TPSA) is 38.7 Å². The van der Waals surface area contributed by atoms with Gasteiger partial charge in [0.05, 0.1) is 12.7 Å². The molecule has 0 radical (unpaired) electrons. The van der Waals surface area contributed by atoms with Gasteiger partial charge < -0.3 is 14.6 Å². The maximum atomic E-state index is 10.3. The fourth-order valence-electron chi connectivity index (χ4n) is 1.80. The van der Waals surface area contributed by atoms with Crippen molar-refractivity contribution in [3.63, 3.8) is 0 Å². The lowest BCUT2D eigenvalue weighted by Gasteiger charge is -2.19. The Labute approximate surface area is 110 Å². The minimum absolute atomic E-state index is 0.173. The summed E-state index contributed by atoms with van der Waals surface area (Å²) in [6.07, 6.45) is 1.36. The van der Waals surface area contributed by atoms with Crippen molar-refractivity contribution in [2.24, 2.45) is 5.92 Å². The lowest BCUT2D eigenvalue weighted by atomic mass is 9.95. The van der Waals surface area contributed by atoms with Crippen LogP contribution >= 0.6 is 0 Å². The smallest absolute Gasteiger partial charge is 0.119 e. The first-order valence-corrected chi connectivity index (χ1v) is 6.58. The van der Waals surface area contributed by atoms with Gasteiger partial charge in [0.25, 0.3) is 0 Å². The van der Waals surface area contributed by atoms with Crippen LogP contribution in [0.1, 0.15) is 38.4 Å². The van der Waals surface area contributed by atoms with Crippen molar-refractivity contribution in [2.75, 3.05) is 20.3 Å². The van der Waals surface area contributed by atoms with E-state index in [0.717, 1.165) is 24.2 Å². The van der Waals surface area contributed by atoms with Gasteiger partial charge in [-0.2, -0.15) is 0 Å². The van der Waals surface area contributed by atoms with Gasteiger partial charge in [0.1, 0.15) is 5.75 Å². The maximum Gasteiger partial charge on any atom is 0.119 e. The van der Waals surface area contributed by atoms with Gasteiger partial charge >= 0.3 is 0 Å². The molecule has 18 heavy (non-hydrogen) atoms. The van der Waals surface area contributed by atoms with E-state index < -0.39 is 6.10 Å². The zero-order valence-electron chi connectivity index (χ0n) is 11.6. The summed E-state index contributed by atoms with van der Waals surface area (Å²) in [5, 5.41) is 10.3. The van der Waals surface area contributed by atoms with Crippen molar-refractivity contribution < 1.29 is 14.6 Å². The van der Waals surface area contributed by atoms with E-state index in [0.29, 0.717) is 13.2 Å². The Morgan fingerprint density at radius 3 is 2.72 bits per heavy atom. The quantitative estimate of drug-likeness (QED) is 0.772. The van der Waals surface area contributed by atoms with Crippen molar-refractivity contribution >= 4 is 0 Å². The molecule has 0 aliphatic carbocycles. The molecule has 0 aromatic heterocycles. The number of benzene rings is 1. The highest BCUT2D eigenvalue weighted by Crippen LogP contribution is 2.27. The largest absolute Gasteiger partial charge is 0.494 e. The third-order valence-corrected chi connectivity index (χ3v) is 2.99. The summed E-state index contributed by atoms with van der Waals surface area (Å²) >= 11 is 0. The predicted octanol–water partition coefficient (Wildman–Crippen LogP) is 3.18. The molecule has 0 fully saturated rings. The van der Waals surface area contributed by atoms with Gasteiger partial charge in [-0.15, -0.1) is 0 Å². The molecule has 1 N–H and O–H groups in total. The van der Waals surface area contributed by atoms with Crippen molar-refractivity contribution in [3.05, 3.63) is 29.8 Å². The van der Waals surface area contributed by atoms with E-state index in [1.807, 2.05) is 31.2 Å². The van der Waals surface area contributed by atoms with Crippen LogP contribution in [0.5, 0.6) is 5.75 Å². The number of methoxy groups -OCH3 is 1. The molecular formula is C15H24O3. The van der Waals surface area contributed by atoms with Crippen LogP contribution < -0.4 is 4.74 Å². The molecule has 3 nitrogen and oxygen atoms in total. The molecule has 2 unspecified atom stereocenters. The van der Waals surface area contributed by atoms with Crippen LogP contribution in [0.25, 0.3) is 0 Å². The van der Waals surface area contributed by atoms with Crippen molar-refractivity contribution in [3.8, 4) is 5.75 Å². The van der Waals surface area contributed by atoms with Gasteiger partial charge in [-0.25, -0.2) is 0 Å². The standard InChI is InChI=1S/C15H24O3/c1-4-9-18-14-7-5-6-13(11-14)15(16)12(2)8-10-17-3/h5-7,11-12,15-16H,4,8-10H2,1-3H3. The van der Waals surface area contributed by atoms with E-state index in [4.69, 9.17) is 9.47 Å². The van der Waals surface area contributed by atoms with E-state index in [9.17, 15) is 5.11 Å². The van der Waals surface area contributed by atoms with Crippen molar-refractivity contribution in [1.82, 2.24) is 0 Å². The predicted molar refractivity (Wildman–Crippen MR) is 72.8 cm³/mol. The molecule has 0 bridgehead atoms. The third kappa shape index (κ3) is 4.67. The summed E-state index contributed by atoms with van der Waals surface area (Å²) in [6.45, 7) is 5.48. The van der Waals surface area contributed by atoms with Crippen molar-refractivity contribution in [2.45, 2.75) is 32.8 Å². The molecular weight excluding hydrogens is 228 g/mol. The molecule has 0 heterocycles. The molecule has 1 rings (SSSR count). The summed E-state index contributed by atoms with van der Waals surface area (Å²) in [5.74, 6) is 0.999. The molecule has 1 aromatic carbocycles. The van der Waals surface area contributed by atoms with Gasteiger partial charge in [-0.3, -0.25) is 0 Å². The highest BCUT2D eigenvalue weighted by Gasteiger charge is 2.16. The maximum absolute atomic E-state index is 10.3. The van der Waals surface area contributed by atoms with E-state index in [1.54, 1.807) is 7.11 Å². The Balaban J connectivity index is 2.63. The van der Waals surface area contributed by atoms with Gasteiger partial charge in [-0.05, 0) is 36.5 Å². The van der Waals surface area contributed by atoms with E-state index in [-0.39, 0.29) is 5.92 Å². The molecule has 0 aliphatic heterocycles. The zero-order chi connectivity index (χ0) is 13.4. The van der Waals surface area contributed by atoms with Crippen LogP contribution in [0.15, 0.2) is 24.3 Å². The average Bonchev–Trinajstić information content (AvgIpc) is 2.42. The summed E-state index contributed by atoms with van der Waals surface area (Å²) in [4.78, 5) is 0. The Hall–Kier alpha value is -1.06. The Bertz CT molecular complexity index is 338. The normalized spacial score (nSPS) is 14.2. The first-order chi connectivity index (χ1) is 8.69. The molecule has 3 heteroatoms. The van der Waals surface area contributed by atoms with Gasteiger partial charge in [0.15, 0.2) is 0 Å². The second kappa shape index (κ2) is 8.11.